The average Bonchev–Trinajstić information content (AvgIpc) is 3.60. The number of ether oxygens (including phenoxy) is 1. The zero-order valence-electron chi connectivity index (χ0n) is 18.6. The molecule has 1 fully saturated rings. The van der Waals surface area contributed by atoms with Crippen molar-refractivity contribution < 1.29 is 19.1 Å². The first-order chi connectivity index (χ1) is 17.1. The molecule has 2 aromatic carbocycles. The Hall–Kier alpha value is -3.75. The maximum atomic E-state index is 13.8. The first kappa shape index (κ1) is 21.8. The lowest BCUT2D eigenvalue weighted by molar-refractivity contribution is 0.104. The van der Waals surface area contributed by atoms with Crippen LogP contribution in [0.25, 0.3) is 22.3 Å². The number of hydrogen-bond acceptors (Lipinski definition) is 8. The number of thiophene rings is 1. The molecule has 0 bridgehead atoms. The summed E-state index contributed by atoms with van der Waals surface area (Å²) >= 11 is 2.88. The van der Waals surface area contributed by atoms with E-state index in [1.165, 1.54) is 11.3 Å². The van der Waals surface area contributed by atoms with Gasteiger partial charge in [-0.3, -0.25) is 4.79 Å². The van der Waals surface area contributed by atoms with E-state index >= 15 is 0 Å². The third-order valence-electron chi connectivity index (χ3n) is 6.14. The van der Waals surface area contributed by atoms with Crippen LogP contribution in [0.1, 0.15) is 20.8 Å². The number of nitrogens with zero attached hydrogens (tertiary/aromatic N) is 1. The predicted octanol–water partition coefficient (Wildman–Crippen LogP) is 5.95. The van der Waals surface area contributed by atoms with E-state index in [-0.39, 0.29) is 22.7 Å². The Morgan fingerprint density at radius 1 is 1.09 bits per heavy atom. The van der Waals surface area contributed by atoms with Crippen molar-refractivity contribution in [3.63, 3.8) is 0 Å². The highest BCUT2D eigenvalue weighted by atomic mass is 32.2. The molecule has 0 atom stereocenters. The highest BCUT2D eigenvalue weighted by Gasteiger charge is 2.41. The smallest absolute Gasteiger partial charge is 0.346 e. The van der Waals surface area contributed by atoms with E-state index in [1.807, 2.05) is 34.5 Å². The molecule has 2 aliphatic heterocycles. The second-order valence-electron chi connectivity index (χ2n) is 8.05. The lowest BCUT2D eigenvalue weighted by atomic mass is 9.87. The van der Waals surface area contributed by atoms with E-state index in [9.17, 15) is 14.7 Å². The van der Waals surface area contributed by atoms with E-state index in [2.05, 4.69) is 0 Å². The van der Waals surface area contributed by atoms with Crippen LogP contribution in [0.5, 0.6) is 5.75 Å². The molecule has 4 heterocycles. The fourth-order valence-electron chi connectivity index (χ4n) is 4.57. The number of carbonyl (C=O) groups excluding carboxylic acids is 1. The van der Waals surface area contributed by atoms with Gasteiger partial charge in [0.05, 0.1) is 33.8 Å². The van der Waals surface area contributed by atoms with Crippen LogP contribution in [0.15, 0.2) is 85.9 Å². The highest BCUT2D eigenvalue weighted by molar-refractivity contribution is 8.03. The largest absolute Gasteiger partial charge is 0.507 e. The molecule has 2 aromatic heterocycles. The minimum Gasteiger partial charge on any atom is -0.507 e. The number of anilines is 1. The molecule has 0 spiro atoms. The molecule has 4 aromatic rings. The summed E-state index contributed by atoms with van der Waals surface area (Å²) in [7, 11) is 1.56. The fraction of sp³-hybridized carbons (Fsp3) is 0.111. The number of carbonyl (C=O) groups is 1. The van der Waals surface area contributed by atoms with Crippen molar-refractivity contribution >= 4 is 56.9 Å². The third kappa shape index (κ3) is 3.40. The van der Waals surface area contributed by atoms with Crippen LogP contribution in [-0.2, 0) is 0 Å². The molecule has 2 aliphatic rings. The van der Waals surface area contributed by atoms with E-state index < -0.39 is 5.63 Å². The third-order valence-corrected chi connectivity index (χ3v) is 8.09. The van der Waals surface area contributed by atoms with Crippen molar-refractivity contribution in [1.82, 2.24) is 0 Å². The van der Waals surface area contributed by atoms with Crippen molar-refractivity contribution in [2.45, 2.75) is 0 Å². The number of para-hydroxylation sites is 1. The second-order valence-corrected chi connectivity index (χ2v) is 10.1. The minimum atomic E-state index is -0.596. The Kier molecular flexibility index (Phi) is 5.27. The number of hydrogen-bond donors (Lipinski definition) is 1. The lowest BCUT2D eigenvalue weighted by Gasteiger charge is -2.31. The topological polar surface area (TPSA) is 80.0 Å². The van der Waals surface area contributed by atoms with Crippen LogP contribution in [0, 0.1) is 0 Å². The summed E-state index contributed by atoms with van der Waals surface area (Å²) in [5.74, 6) is 0.992. The van der Waals surface area contributed by atoms with Crippen LogP contribution in [0.4, 0.5) is 5.69 Å². The standard InChI is InChI=1S/C27H19NO5S2/c1-32-16-10-8-15(9-11-16)24(29)20-21-23(17-5-2-3-6-18(17)33-27(21)31)28-12-14-35-26(28)22(20)25(30)19-7-4-13-34-19/h2-11,13,29H,12,14H2,1H3. The molecule has 0 aliphatic carbocycles. The monoisotopic (exact) mass is 501 g/mol. The predicted molar refractivity (Wildman–Crippen MR) is 140 cm³/mol. The van der Waals surface area contributed by atoms with Gasteiger partial charge in [0.1, 0.15) is 17.1 Å². The first-order valence-corrected chi connectivity index (χ1v) is 12.8. The van der Waals surface area contributed by atoms with Gasteiger partial charge in [-0.2, -0.15) is 0 Å². The highest BCUT2D eigenvalue weighted by Crippen LogP contribution is 2.51. The van der Waals surface area contributed by atoms with Gasteiger partial charge in [-0.1, -0.05) is 18.2 Å². The molecule has 1 saturated heterocycles. The molecule has 6 rings (SSSR count). The fourth-order valence-corrected chi connectivity index (χ4v) is 6.39. The zero-order chi connectivity index (χ0) is 24.1. The molecule has 0 amide bonds. The van der Waals surface area contributed by atoms with Gasteiger partial charge in [-0.05, 0) is 47.8 Å². The van der Waals surface area contributed by atoms with Crippen LogP contribution >= 0.6 is 23.1 Å². The van der Waals surface area contributed by atoms with Gasteiger partial charge < -0.3 is 19.2 Å². The number of allylic oxidation sites excluding steroid dienone is 2. The molecule has 6 nitrogen and oxygen atoms in total. The minimum absolute atomic E-state index is 0.156. The van der Waals surface area contributed by atoms with E-state index in [0.717, 1.165) is 16.2 Å². The molecular formula is C27H19NO5S2. The number of aliphatic hydroxyl groups is 1. The van der Waals surface area contributed by atoms with Crippen molar-refractivity contribution in [2.75, 3.05) is 24.3 Å². The SMILES string of the molecule is COc1ccc(C(O)=C2C(C(=O)c3cccs3)=C3SCCN3c3c2c(=O)oc2ccccc32)cc1. The Labute approximate surface area is 208 Å². The van der Waals surface area contributed by atoms with Gasteiger partial charge in [0.25, 0.3) is 0 Å². The Balaban J connectivity index is 1.72. The number of ketones is 1. The number of rotatable bonds is 4. The Morgan fingerprint density at radius 3 is 2.63 bits per heavy atom. The Morgan fingerprint density at radius 2 is 1.89 bits per heavy atom. The number of Topliss-reactive ketones (excluding diaryl/α,β-unsaturated/α-hetero) is 1. The van der Waals surface area contributed by atoms with Crippen LogP contribution in [0.2, 0.25) is 0 Å². The summed E-state index contributed by atoms with van der Waals surface area (Å²) < 4.78 is 10.9. The van der Waals surface area contributed by atoms with Crippen molar-refractivity contribution in [2.24, 2.45) is 0 Å². The molecule has 174 valence electrons. The van der Waals surface area contributed by atoms with Gasteiger partial charge in [-0.25, -0.2) is 4.79 Å². The maximum Gasteiger partial charge on any atom is 0.346 e. The number of aliphatic hydroxyl groups excluding tert-OH is 1. The summed E-state index contributed by atoms with van der Waals surface area (Å²) in [6.45, 7) is 0.637. The molecular weight excluding hydrogens is 482 g/mol. The summed E-state index contributed by atoms with van der Waals surface area (Å²) in [6, 6.07) is 17.8. The molecule has 1 N–H and O–H groups in total. The van der Waals surface area contributed by atoms with E-state index in [0.29, 0.717) is 39.6 Å². The van der Waals surface area contributed by atoms with Crippen molar-refractivity contribution in [1.29, 1.82) is 0 Å². The molecule has 0 unspecified atom stereocenters. The molecule has 0 radical (unpaired) electrons. The van der Waals surface area contributed by atoms with Gasteiger partial charge in [0.15, 0.2) is 0 Å². The van der Waals surface area contributed by atoms with Crippen LogP contribution in [0.3, 0.4) is 0 Å². The Bertz CT molecular complexity index is 1600. The van der Waals surface area contributed by atoms with Crippen molar-refractivity contribution in [3.05, 3.63) is 103 Å². The quantitative estimate of drug-likeness (QED) is 0.210. The molecule has 0 saturated carbocycles. The summed E-state index contributed by atoms with van der Waals surface area (Å²) in [6.07, 6.45) is 0. The van der Waals surface area contributed by atoms with E-state index in [4.69, 9.17) is 9.15 Å². The van der Waals surface area contributed by atoms with Crippen molar-refractivity contribution in [3.8, 4) is 5.75 Å². The number of fused-ring (bicyclic) bond motifs is 5. The molecule has 8 heteroatoms. The van der Waals surface area contributed by atoms with Gasteiger partial charge in [-0.15, -0.1) is 23.1 Å². The van der Waals surface area contributed by atoms with Gasteiger partial charge in [0, 0.05) is 28.8 Å². The maximum absolute atomic E-state index is 13.8. The van der Waals surface area contributed by atoms with Gasteiger partial charge in [0.2, 0.25) is 5.78 Å². The molecule has 35 heavy (non-hydrogen) atoms. The number of benzene rings is 2. The zero-order valence-corrected chi connectivity index (χ0v) is 20.2. The average molecular weight is 502 g/mol. The van der Waals surface area contributed by atoms with Gasteiger partial charge >= 0.3 is 5.63 Å². The number of thioether (sulfide) groups is 1. The summed E-state index contributed by atoms with van der Waals surface area (Å²) in [4.78, 5) is 29.9. The van der Waals surface area contributed by atoms with Crippen LogP contribution < -0.4 is 15.3 Å². The summed E-state index contributed by atoms with van der Waals surface area (Å²) in [5.41, 5.74) is 1.71. The van der Waals surface area contributed by atoms with Crippen LogP contribution in [-0.4, -0.2) is 30.3 Å². The van der Waals surface area contributed by atoms with E-state index in [1.54, 1.807) is 55.3 Å². The summed E-state index contributed by atoms with van der Waals surface area (Å²) in [5, 5.41) is 15.0. The first-order valence-electron chi connectivity index (χ1n) is 11.0. The number of methoxy groups -OCH3 is 1. The second kappa shape index (κ2) is 8.48. The lowest BCUT2D eigenvalue weighted by Crippen LogP contribution is -2.30. The normalized spacial score (nSPS) is 16.3.